The second-order valence-corrected chi connectivity index (χ2v) is 6.08. The molecular formula is C18H21N3O2. The predicted octanol–water partition coefficient (Wildman–Crippen LogP) is 4.19. The van der Waals surface area contributed by atoms with Crippen molar-refractivity contribution in [1.82, 2.24) is 15.1 Å². The Labute approximate surface area is 135 Å². The molecule has 0 atom stereocenters. The Morgan fingerprint density at radius 2 is 2.00 bits per heavy atom. The van der Waals surface area contributed by atoms with Gasteiger partial charge in [-0.2, -0.15) is 4.98 Å². The van der Waals surface area contributed by atoms with Crippen LogP contribution in [-0.2, 0) is 6.42 Å². The molecule has 2 heterocycles. The summed E-state index contributed by atoms with van der Waals surface area (Å²) in [5, 5.41) is 5.13. The van der Waals surface area contributed by atoms with Crippen LogP contribution >= 0.6 is 0 Å². The molecule has 23 heavy (non-hydrogen) atoms. The highest BCUT2D eigenvalue weighted by molar-refractivity contribution is 5.85. The Balaban J connectivity index is 2.09. The zero-order chi connectivity index (χ0) is 16.4. The van der Waals surface area contributed by atoms with Crippen LogP contribution in [0, 0.1) is 12.8 Å². The number of aryl methyl sites for hydroxylation is 1. The van der Waals surface area contributed by atoms with Gasteiger partial charge in [0.15, 0.2) is 0 Å². The molecule has 0 bridgehead atoms. The molecule has 0 fully saturated rings. The molecule has 120 valence electrons. The molecule has 0 aliphatic heterocycles. The maximum Gasteiger partial charge on any atom is 0.227 e. The zero-order valence-electron chi connectivity index (χ0n) is 14.0. The topological polar surface area (TPSA) is 61.0 Å². The van der Waals surface area contributed by atoms with E-state index in [1.54, 1.807) is 0 Å². The zero-order valence-corrected chi connectivity index (χ0v) is 14.0. The van der Waals surface area contributed by atoms with Crippen LogP contribution in [0.2, 0.25) is 0 Å². The van der Waals surface area contributed by atoms with Crippen LogP contribution in [0.5, 0.6) is 5.88 Å². The van der Waals surface area contributed by atoms with Crippen LogP contribution < -0.4 is 4.74 Å². The average Bonchev–Trinajstić information content (AvgIpc) is 2.94. The first-order valence-corrected chi connectivity index (χ1v) is 7.94. The van der Waals surface area contributed by atoms with Crippen LogP contribution in [0.4, 0.5) is 0 Å². The molecule has 5 heteroatoms. The lowest BCUT2D eigenvalue weighted by Crippen LogP contribution is -1.99. The van der Waals surface area contributed by atoms with E-state index in [0.717, 1.165) is 22.9 Å². The number of hydrogen-bond donors (Lipinski definition) is 0. The van der Waals surface area contributed by atoms with Gasteiger partial charge in [-0.3, -0.25) is 0 Å². The molecule has 5 nitrogen and oxygen atoms in total. The summed E-state index contributed by atoms with van der Waals surface area (Å²) in [6.07, 6.45) is 0.761. The van der Waals surface area contributed by atoms with Crippen LogP contribution in [0.25, 0.3) is 22.3 Å². The quantitative estimate of drug-likeness (QED) is 0.707. The SMILES string of the molecule is CCOc1nc2cc(C)ccc2cc1-c1noc(CC(C)C)n1. The molecule has 0 unspecified atom stereocenters. The Morgan fingerprint density at radius 1 is 1.17 bits per heavy atom. The van der Waals surface area contributed by atoms with Crippen molar-refractivity contribution < 1.29 is 9.26 Å². The van der Waals surface area contributed by atoms with Crippen molar-refractivity contribution in [3.63, 3.8) is 0 Å². The van der Waals surface area contributed by atoms with Gasteiger partial charge in [0.05, 0.1) is 17.7 Å². The number of pyridine rings is 1. The third-order valence-corrected chi connectivity index (χ3v) is 3.51. The molecule has 0 radical (unpaired) electrons. The summed E-state index contributed by atoms with van der Waals surface area (Å²) in [4.78, 5) is 9.12. The Kier molecular flexibility index (Phi) is 4.28. The fraction of sp³-hybridized carbons (Fsp3) is 0.389. The van der Waals surface area contributed by atoms with E-state index in [0.29, 0.717) is 30.1 Å². The summed E-state index contributed by atoms with van der Waals surface area (Å²) in [6, 6.07) is 8.17. The van der Waals surface area contributed by atoms with Crippen molar-refractivity contribution in [1.29, 1.82) is 0 Å². The van der Waals surface area contributed by atoms with E-state index >= 15 is 0 Å². The van der Waals surface area contributed by atoms with E-state index < -0.39 is 0 Å². The van der Waals surface area contributed by atoms with Gasteiger partial charge in [-0.1, -0.05) is 31.1 Å². The van der Waals surface area contributed by atoms with Gasteiger partial charge in [0, 0.05) is 11.8 Å². The summed E-state index contributed by atoms with van der Waals surface area (Å²) in [5.41, 5.74) is 2.84. The number of hydrogen-bond acceptors (Lipinski definition) is 5. The summed E-state index contributed by atoms with van der Waals surface area (Å²) in [6.45, 7) is 8.76. The van der Waals surface area contributed by atoms with Crippen LogP contribution in [-0.4, -0.2) is 21.7 Å². The highest BCUT2D eigenvalue weighted by Crippen LogP contribution is 2.30. The minimum Gasteiger partial charge on any atom is -0.477 e. The molecule has 1 aromatic carbocycles. The molecule has 0 spiro atoms. The number of aromatic nitrogens is 3. The summed E-state index contributed by atoms with van der Waals surface area (Å²) >= 11 is 0. The smallest absolute Gasteiger partial charge is 0.227 e. The van der Waals surface area contributed by atoms with E-state index in [1.807, 2.05) is 32.0 Å². The highest BCUT2D eigenvalue weighted by Gasteiger charge is 2.17. The maximum absolute atomic E-state index is 5.70. The molecule has 0 amide bonds. The molecule has 3 rings (SSSR count). The monoisotopic (exact) mass is 311 g/mol. The Hall–Kier alpha value is -2.43. The van der Waals surface area contributed by atoms with Crippen molar-refractivity contribution in [3.05, 3.63) is 35.7 Å². The van der Waals surface area contributed by atoms with Gasteiger partial charge >= 0.3 is 0 Å². The highest BCUT2D eigenvalue weighted by atomic mass is 16.5. The van der Waals surface area contributed by atoms with E-state index in [4.69, 9.17) is 9.26 Å². The van der Waals surface area contributed by atoms with Crippen LogP contribution in [0.1, 0.15) is 32.2 Å². The lowest BCUT2D eigenvalue weighted by Gasteiger charge is -2.08. The van der Waals surface area contributed by atoms with Crippen molar-refractivity contribution in [2.45, 2.75) is 34.1 Å². The van der Waals surface area contributed by atoms with Gasteiger partial charge in [-0.05, 0) is 37.5 Å². The van der Waals surface area contributed by atoms with Gasteiger partial charge in [0.25, 0.3) is 0 Å². The minimum atomic E-state index is 0.465. The van der Waals surface area contributed by atoms with E-state index in [9.17, 15) is 0 Å². The Morgan fingerprint density at radius 3 is 2.74 bits per heavy atom. The lowest BCUT2D eigenvalue weighted by molar-refractivity contribution is 0.328. The molecule has 0 N–H and O–H groups in total. The molecule has 0 saturated heterocycles. The predicted molar refractivity (Wildman–Crippen MR) is 89.5 cm³/mol. The number of fused-ring (bicyclic) bond motifs is 1. The molecule has 0 aliphatic rings. The number of benzene rings is 1. The number of rotatable bonds is 5. The van der Waals surface area contributed by atoms with E-state index in [1.165, 1.54) is 5.56 Å². The number of nitrogens with zero attached hydrogens (tertiary/aromatic N) is 3. The van der Waals surface area contributed by atoms with Gasteiger partial charge in [-0.15, -0.1) is 0 Å². The van der Waals surface area contributed by atoms with E-state index in [-0.39, 0.29) is 0 Å². The summed E-state index contributed by atoms with van der Waals surface area (Å²) < 4.78 is 11.0. The standard InChI is InChI=1S/C18H21N3O2/c1-5-22-18-14(17-20-16(23-21-17)8-11(2)3)10-13-7-6-12(4)9-15(13)19-18/h6-7,9-11H,5,8H2,1-4H3. The van der Waals surface area contributed by atoms with Crippen molar-refractivity contribution in [2.24, 2.45) is 5.92 Å². The van der Waals surface area contributed by atoms with Gasteiger partial charge in [0.1, 0.15) is 0 Å². The maximum atomic E-state index is 5.70. The second kappa shape index (κ2) is 6.36. The van der Waals surface area contributed by atoms with Gasteiger partial charge < -0.3 is 9.26 Å². The fourth-order valence-electron chi connectivity index (χ4n) is 2.46. The first-order chi connectivity index (χ1) is 11.1. The second-order valence-electron chi connectivity index (χ2n) is 6.08. The summed E-state index contributed by atoms with van der Waals surface area (Å²) in [7, 11) is 0. The van der Waals surface area contributed by atoms with E-state index in [2.05, 4.69) is 35.0 Å². The van der Waals surface area contributed by atoms with Gasteiger partial charge in [0.2, 0.25) is 17.6 Å². The molecule has 0 aliphatic carbocycles. The van der Waals surface area contributed by atoms with Crippen LogP contribution in [0.3, 0.4) is 0 Å². The minimum absolute atomic E-state index is 0.465. The molecule has 0 saturated carbocycles. The molecule has 3 aromatic rings. The third-order valence-electron chi connectivity index (χ3n) is 3.51. The van der Waals surface area contributed by atoms with Crippen LogP contribution in [0.15, 0.2) is 28.8 Å². The largest absolute Gasteiger partial charge is 0.477 e. The Bertz CT molecular complexity index is 824. The van der Waals surface area contributed by atoms with Crippen molar-refractivity contribution >= 4 is 10.9 Å². The number of ether oxygens (including phenoxy) is 1. The van der Waals surface area contributed by atoms with Crippen molar-refractivity contribution in [3.8, 4) is 17.3 Å². The summed E-state index contributed by atoms with van der Waals surface area (Å²) in [5.74, 6) is 2.18. The third kappa shape index (κ3) is 3.33. The fourth-order valence-corrected chi connectivity index (χ4v) is 2.46. The first-order valence-electron chi connectivity index (χ1n) is 7.94. The molecular weight excluding hydrogens is 290 g/mol. The van der Waals surface area contributed by atoms with Gasteiger partial charge in [-0.25, -0.2) is 4.98 Å². The van der Waals surface area contributed by atoms with Crippen molar-refractivity contribution in [2.75, 3.05) is 6.61 Å². The normalized spacial score (nSPS) is 11.3. The lowest BCUT2D eigenvalue weighted by atomic mass is 10.1. The first kappa shape index (κ1) is 15.5. The molecule has 2 aromatic heterocycles. The average molecular weight is 311 g/mol.